The Kier molecular flexibility index (Phi) is 4.14. The first-order chi connectivity index (χ1) is 8.36. The minimum absolute atomic E-state index is 0.238. The fourth-order valence-corrected chi connectivity index (χ4v) is 3.40. The molecule has 1 aliphatic rings. The summed E-state index contributed by atoms with van der Waals surface area (Å²) < 4.78 is 6.00. The number of aliphatic hydroxyl groups is 3. The molecule has 5 unspecified atom stereocenters. The van der Waals surface area contributed by atoms with Crippen molar-refractivity contribution in [3.63, 3.8) is 0 Å². The first-order valence-corrected chi connectivity index (χ1v) is 6.74. The van der Waals surface area contributed by atoms with Crippen molar-refractivity contribution in [2.45, 2.75) is 64.4 Å². The Morgan fingerprint density at radius 3 is 1.89 bits per heavy atom. The van der Waals surface area contributed by atoms with Gasteiger partial charge < -0.3 is 25.8 Å². The Morgan fingerprint density at radius 1 is 1.11 bits per heavy atom. The largest absolute Gasteiger partial charge is 0.393 e. The maximum absolute atomic E-state index is 10.7. The van der Waals surface area contributed by atoms with E-state index in [9.17, 15) is 15.3 Å². The predicted molar refractivity (Wildman–Crippen MR) is 73.6 cm³/mol. The molecule has 0 aromatic heterocycles. The molecule has 5 N–H and O–H groups in total. The minimum Gasteiger partial charge on any atom is -0.393 e. The van der Waals surface area contributed by atoms with E-state index in [4.69, 9.17) is 10.5 Å². The predicted octanol–water partition coefficient (Wildman–Crippen LogP) is 0.259. The monoisotopic (exact) mass is 275 g/mol. The second kappa shape index (κ2) is 4.67. The van der Waals surface area contributed by atoms with Crippen LogP contribution in [0.15, 0.2) is 0 Å². The summed E-state index contributed by atoms with van der Waals surface area (Å²) in [4.78, 5) is 0. The van der Waals surface area contributed by atoms with Crippen LogP contribution in [0.3, 0.4) is 0 Å². The number of nitrogens with two attached hydrogens (primary N) is 1. The van der Waals surface area contributed by atoms with Gasteiger partial charge >= 0.3 is 0 Å². The summed E-state index contributed by atoms with van der Waals surface area (Å²) in [5, 5.41) is 30.1. The summed E-state index contributed by atoms with van der Waals surface area (Å²) in [6.45, 7) is 10.5. The van der Waals surface area contributed by atoms with Crippen LogP contribution in [0, 0.1) is 11.3 Å². The lowest BCUT2D eigenvalue weighted by Crippen LogP contribution is -2.78. The molecule has 1 aliphatic heterocycles. The Labute approximate surface area is 115 Å². The van der Waals surface area contributed by atoms with Crippen LogP contribution in [0.25, 0.3) is 0 Å². The van der Waals surface area contributed by atoms with E-state index in [0.717, 1.165) is 0 Å². The molecule has 0 bridgehead atoms. The van der Waals surface area contributed by atoms with E-state index in [-0.39, 0.29) is 24.5 Å². The summed E-state index contributed by atoms with van der Waals surface area (Å²) in [6, 6.07) is 0. The van der Waals surface area contributed by atoms with Gasteiger partial charge in [-0.25, -0.2) is 0 Å². The molecule has 5 nitrogen and oxygen atoms in total. The molecule has 0 saturated carbocycles. The molecule has 0 aliphatic carbocycles. The minimum atomic E-state index is -1.11. The van der Waals surface area contributed by atoms with Gasteiger partial charge in [0.15, 0.2) is 0 Å². The van der Waals surface area contributed by atoms with Gasteiger partial charge in [-0.05, 0) is 26.2 Å². The number of ether oxygens (including phenoxy) is 1. The van der Waals surface area contributed by atoms with Gasteiger partial charge in [-0.2, -0.15) is 0 Å². The first kappa shape index (κ1) is 16.9. The highest BCUT2D eigenvalue weighted by molar-refractivity contribution is 5.15. The molecule has 0 aromatic rings. The average molecular weight is 275 g/mol. The lowest BCUT2D eigenvalue weighted by atomic mass is 9.59. The number of rotatable bonds is 2. The van der Waals surface area contributed by atoms with Crippen molar-refractivity contribution in [2.24, 2.45) is 17.1 Å². The van der Waals surface area contributed by atoms with Crippen molar-refractivity contribution in [1.82, 2.24) is 0 Å². The molecule has 1 rings (SSSR count). The van der Waals surface area contributed by atoms with Crippen LogP contribution in [-0.2, 0) is 4.74 Å². The van der Waals surface area contributed by atoms with Crippen LogP contribution in [0.4, 0.5) is 0 Å². The fourth-order valence-electron chi connectivity index (χ4n) is 3.40. The van der Waals surface area contributed by atoms with Crippen LogP contribution in [0.5, 0.6) is 0 Å². The molecule has 5 heteroatoms. The van der Waals surface area contributed by atoms with E-state index in [2.05, 4.69) is 0 Å². The molecule has 19 heavy (non-hydrogen) atoms. The maximum Gasteiger partial charge on any atom is 0.109 e. The third-order valence-corrected chi connectivity index (χ3v) is 4.73. The van der Waals surface area contributed by atoms with Crippen molar-refractivity contribution in [3.05, 3.63) is 0 Å². The second-order valence-electron chi connectivity index (χ2n) is 7.53. The van der Waals surface area contributed by atoms with Gasteiger partial charge in [-0.15, -0.1) is 0 Å². The second-order valence-corrected chi connectivity index (χ2v) is 7.53. The molecule has 1 saturated heterocycles. The average Bonchev–Trinajstić information content (AvgIpc) is 2.25. The van der Waals surface area contributed by atoms with E-state index in [1.165, 1.54) is 0 Å². The number of hydrogen-bond acceptors (Lipinski definition) is 5. The normalized spacial score (nSPS) is 48.3. The summed E-state index contributed by atoms with van der Waals surface area (Å²) in [7, 11) is 0. The van der Waals surface area contributed by atoms with Crippen LogP contribution in [0.1, 0.15) is 41.5 Å². The highest BCUT2D eigenvalue weighted by Gasteiger charge is 2.63. The van der Waals surface area contributed by atoms with Crippen molar-refractivity contribution in [3.8, 4) is 0 Å². The van der Waals surface area contributed by atoms with Crippen molar-refractivity contribution < 1.29 is 20.1 Å². The van der Waals surface area contributed by atoms with Gasteiger partial charge in [-0.1, -0.05) is 20.8 Å². The molecule has 5 atom stereocenters. The molecular formula is C14H29NO4. The SMILES string of the molecule is CC(C)(C)C1C(O)C(C)(N)C(C)(CO)OC1(C)CO. The van der Waals surface area contributed by atoms with Gasteiger partial charge in [-0.3, -0.25) is 0 Å². The number of aliphatic hydroxyl groups excluding tert-OH is 3. The van der Waals surface area contributed by atoms with E-state index < -0.39 is 22.8 Å². The lowest BCUT2D eigenvalue weighted by molar-refractivity contribution is -0.303. The molecule has 1 heterocycles. The summed E-state index contributed by atoms with van der Waals surface area (Å²) in [5.74, 6) is -0.348. The Bertz CT molecular complexity index is 339. The molecule has 0 spiro atoms. The Hall–Kier alpha value is -0.200. The highest BCUT2D eigenvalue weighted by Crippen LogP contribution is 2.50. The molecule has 0 aromatic carbocycles. The molecular weight excluding hydrogens is 246 g/mol. The molecule has 114 valence electrons. The van der Waals surface area contributed by atoms with Gasteiger partial charge in [0.05, 0.1) is 30.5 Å². The topological polar surface area (TPSA) is 95.9 Å². The van der Waals surface area contributed by atoms with Gasteiger partial charge in [0.1, 0.15) is 5.60 Å². The quantitative estimate of drug-likeness (QED) is 0.580. The van der Waals surface area contributed by atoms with Crippen LogP contribution >= 0.6 is 0 Å². The van der Waals surface area contributed by atoms with Crippen LogP contribution < -0.4 is 5.73 Å². The van der Waals surface area contributed by atoms with Crippen LogP contribution in [-0.4, -0.2) is 51.4 Å². The number of hydrogen-bond donors (Lipinski definition) is 4. The lowest BCUT2D eigenvalue weighted by Gasteiger charge is -2.61. The zero-order valence-electron chi connectivity index (χ0n) is 12.9. The van der Waals surface area contributed by atoms with Crippen LogP contribution in [0.2, 0.25) is 0 Å². The maximum atomic E-state index is 10.7. The van der Waals surface area contributed by atoms with E-state index >= 15 is 0 Å². The van der Waals surface area contributed by atoms with Gasteiger partial charge in [0, 0.05) is 5.92 Å². The summed E-state index contributed by atoms with van der Waals surface area (Å²) in [5.41, 5.74) is 2.80. The standard InChI is InChI=1S/C14H29NO4/c1-11(2,3)9-10(18)14(6,15)13(5,8-17)19-12(9,4)7-16/h9-10,16-18H,7-8,15H2,1-6H3. The van der Waals surface area contributed by atoms with E-state index in [0.29, 0.717) is 0 Å². The van der Waals surface area contributed by atoms with E-state index in [1.807, 2.05) is 20.8 Å². The first-order valence-electron chi connectivity index (χ1n) is 6.74. The van der Waals surface area contributed by atoms with Crippen molar-refractivity contribution in [2.75, 3.05) is 13.2 Å². The molecule has 0 radical (unpaired) electrons. The summed E-state index contributed by atoms with van der Waals surface area (Å²) in [6.07, 6.45) is -0.893. The molecule has 1 fully saturated rings. The van der Waals surface area contributed by atoms with Gasteiger partial charge in [0.2, 0.25) is 0 Å². The third kappa shape index (κ3) is 2.43. The van der Waals surface area contributed by atoms with Gasteiger partial charge in [0.25, 0.3) is 0 Å². The molecule has 0 amide bonds. The third-order valence-electron chi connectivity index (χ3n) is 4.73. The van der Waals surface area contributed by atoms with E-state index in [1.54, 1.807) is 20.8 Å². The Morgan fingerprint density at radius 2 is 1.58 bits per heavy atom. The van der Waals surface area contributed by atoms with Crippen molar-refractivity contribution in [1.29, 1.82) is 0 Å². The smallest absolute Gasteiger partial charge is 0.109 e. The Balaban J connectivity index is 3.36. The zero-order chi connectivity index (χ0) is 15.3. The zero-order valence-corrected chi connectivity index (χ0v) is 12.9. The van der Waals surface area contributed by atoms with Crippen molar-refractivity contribution >= 4 is 0 Å². The summed E-state index contributed by atoms with van der Waals surface area (Å²) >= 11 is 0. The highest BCUT2D eigenvalue weighted by atomic mass is 16.6. The fraction of sp³-hybridized carbons (Fsp3) is 1.00.